The van der Waals surface area contributed by atoms with Gasteiger partial charge in [-0.2, -0.15) is 0 Å². The maximum Gasteiger partial charge on any atom is 0.413 e. The summed E-state index contributed by atoms with van der Waals surface area (Å²) >= 11 is 0. The first-order chi connectivity index (χ1) is 11.1. The summed E-state index contributed by atoms with van der Waals surface area (Å²) < 4.78 is 10.1. The predicted molar refractivity (Wildman–Crippen MR) is 83.7 cm³/mol. The predicted octanol–water partition coefficient (Wildman–Crippen LogP) is 2.48. The minimum Gasteiger partial charge on any atom is -0.497 e. The molecular formula is C17H17NO5. The summed E-state index contributed by atoms with van der Waals surface area (Å²) in [5.41, 5.74) is 0.810. The van der Waals surface area contributed by atoms with Crippen molar-refractivity contribution in [1.29, 1.82) is 0 Å². The summed E-state index contributed by atoms with van der Waals surface area (Å²) in [6.45, 7) is 0. The third-order valence-corrected chi connectivity index (χ3v) is 3.14. The maximum absolute atomic E-state index is 11.8. The SMILES string of the molecule is COc1ccc(OC(=O)N[C@@H](Cc2ccccc2)C(=O)O)cc1. The first-order valence-corrected chi connectivity index (χ1v) is 6.97. The number of carboxylic acid groups (broad SMARTS) is 1. The summed E-state index contributed by atoms with van der Waals surface area (Å²) in [5.74, 6) is -0.196. The van der Waals surface area contributed by atoms with E-state index in [1.165, 1.54) is 7.11 Å². The molecule has 1 amide bonds. The van der Waals surface area contributed by atoms with Crippen LogP contribution in [0.2, 0.25) is 0 Å². The third-order valence-electron chi connectivity index (χ3n) is 3.14. The Hall–Kier alpha value is -3.02. The van der Waals surface area contributed by atoms with Crippen molar-refractivity contribution in [2.75, 3.05) is 7.11 Å². The zero-order valence-electron chi connectivity index (χ0n) is 12.6. The minimum absolute atomic E-state index is 0.174. The Morgan fingerprint density at radius 1 is 1.04 bits per heavy atom. The van der Waals surface area contributed by atoms with Crippen LogP contribution in [0.3, 0.4) is 0 Å². The van der Waals surface area contributed by atoms with Crippen molar-refractivity contribution in [2.45, 2.75) is 12.5 Å². The number of rotatable bonds is 6. The van der Waals surface area contributed by atoms with Crippen LogP contribution in [0.15, 0.2) is 54.6 Å². The van der Waals surface area contributed by atoms with Crippen LogP contribution in [0.4, 0.5) is 4.79 Å². The second-order valence-electron chi connectivity index (χ2n) is 4.79. The summed E-state index contributed by atoms with van der Waals surface area (Å²) in [5, 5.41) is 11.6. The molecule has 0 aliphatic rings. The first kappa shape index (κ1) is 16.4. The molecule has 0 heterocycles. The van der Waals surface area contributed by atoms with E-state index in [1.54, 1.807) is 36.4 Å². The quantitative estimate of drug-likeness (QED) is 0.855. The van der Waals surface area contributed by atoms with Crippen LogP contribution in [-0.2, 0) is 11.2 Å². The summed E-state index contributed by atoms with van der Waals surface area (Å²) in [6, 6.07) is 14.4. The van der Waals surface area contributed by atoms with Crippen LogP contribution >= 0.6 is 0 Å². The lowest BCUT2D eigenvalue weighted by atomic mass is 10.1. The highest BCUT2D eigenvalue weighted by atomic mass is 16.6. The van der Waals surface area contributed by atoms with E-state index in [9.17, 15) is 14.7 Å². The van der Waals surface area contributed by atoms with Gasteiger partial charge in [-0.25, -0.2) is 9.59 Å². The summed E-state index contributed by atoms with van der Waals surface area (Å²) in [6.07, 6.45) is -0.646. The van der Waals surface area contributed by atoms with Crippen LogP contribution in [0.1, 0.15) is 5.56 Å². The smallest absolute Gasteiger partial charge is 0.413 e. The number of benzene rings is 2. The van der Waals surface area contributed by atoms with Gasteiger partial charge in [0.1, 0.15) is 17.5 Å². The van der Waals surface area contributed by atoms with Crippen molar-refractivity contribution in [3.63, 3.8) is 0 Å². The Morgan fingerprint density at radius 3 is 2.22 bits per heavy atom. The molecule has 0 radical (unpaired) electrons. The van der Waals surface area contributed by atoms with Gasteiger partial charge in [-0.3, -0.25) is 0 Å². The summed E-state index contributed by atoms with van der Waals surface area (Å²) in [7, 11) is 1.53. The molecule has 2 N–H and O–H groups in total. The molecule has 0 unspecified atom stereocenters. The Bertz CT molecular complexity index is 654. The third kappa shape index (κ3) is 5.03. The van der Waals surface area contributed by atoms with Gasteiger partial charge in [-0.15, -0.1) is 0 Å². The number of nitrogens with one attached hydrogen (secondary N) is 1. The van der Waals surface area contributed by atoms with Crippen LogP contribution in [-0.4, -0.2) is 30.3 Å². The van der Waals surface area contributed by atoms with Crippen LogP contribution < -0.4 is 14.8 Å². The van der Waals surface area contributed by atoms with Crippen molar-refractivity contribution >= 4 is 12.1 Å². The van der Waals surface area contributed by atoms with E-state index in [0.717, 1.165) is 5.56 Å². The molecule has 2 aromatic carbocycles. The van der Waals surface area contributed by atoms with Gasteiger partial charge in [0.15, 0.2) is 0 Å². The fraction of sp³-hybridized carbons (Fsp3) is 0.176. The van der Waals surface area contributed by atoms with Gasteiger partial charge in [0.05, 0.1) is 7.11 Å². The lowest BCUT2D eigenvalue weighted by Gasteiger charge is -2.14. The summed E-state index contributed by atoms with van der Waals surface area (Å²) in [4.78, 5) is 23.1. The second-order valence-corrected chi connectivity index (χ2v) is 4.79. The molecule has 0 aromatic heterocycles. The highest BCUT2D eigenvalue weighted by Crippen LogP contribution is 2.17. The first-order valence-electron chi connectivity index (χ1n) is 6.97. The molecule has 23 heavy (non-hydrogen) atoms. The van der Waals surface area contributed by atoms with Crippen molar-refractivity contribution in [3.05, 3.63) is 60.2 Å². The fourth-order valence-electron chi connectivity index (χ4n) is 1.97. The number of hydrogen-bond donors (Lipinski definition) is 2. The lowest BCUT2D eigenvalue weighted by Crippen LogP contribution is -2.43. The Labute approximate surface area is 133 Å². The monoisotopic (exact) mass is 315 g/mol. The maximum atomic E-state index is 11.8. The number of carboxylic acids is 1. The highest BCUT2D eigenvalue weighted by molar-refractivity contribution is 5.81. The molecule has 2 aromatic rings. The largest absolute Gasteiger partial charge is 0.497 e. The average Bonchev–Trinajstić information content (AvgIpc) is 2.56. The number of amides is 1. The van der Waals surface area contributed by atoms with Gasteiger partial charge in [-0.05, 0) is 29.8 Å². The van der Waals surface area contributed by atoms with Gasteiger partial charge < -0.3 is 19.9 Å². The van der Waals surface area contributed by atoms with E-state index in [0.29, 0.717) is 11.5 Å². The van der Waals surface area contributed by atoms with Crippen molar-refractivity contribution < 1.29 is 24.2 Å². The van der Waals surface area contributed by atoms with E-state index in [-0.39, 0.29) is 6.42 Å². The average molecular weight is 315 g/mol. The van der Waals surface area contributed by atoms with Gasteiger partial charge in [0.25, 0.3) is 0 Å². The number of hydrogen-bond acceptors (Lipinski definition) is 4. The van der Waals surface area contributed by atoms with E-state index < -0.39 is 18.1 Å². The van der Waals surface area contributed by atoms with E-state index in [2.05, 4.69) is 5.32 Å². The van der Waals surface area contributed by atoms with Crippen molar-refractivity contribution in [3.8, 4) is 11.5 Å². The molecule has 6 heteroatoms. The standard InChI is InChI=1S/C17H17NO5/c1-22-13-7-9-14(10-8-13)23-17(21)18-15(16(19)20)11-12-5-3-2-4-6-12/h2-10,15H,11H2,1H3,(H,18,21)(H,19,20)/t15-/m0/s1. The second kappa shape index (κ2) is 7.84. The Kier molecular flexibility index (Phi) is 5.57. The Balaban J connectivity index is 1.96. The van der Waals surface area contributed by atoms with Crippen molar-refractivity contribution in [1.82, 2.24) is 5.32 Å². The molecule has 6 nitrogen and oxygen atoms in total. The minimum atomic E-state index is -1.12. The number of methoxy groups -OCH3 is 1. The van der Waals surface area contributed by atoms with Crippen molar-refractivity contribution in [2.24, 2.45) is 0 Å². The van der Waals surface area contributed by atoms with E-state index in [1.807, 2.05) is 18.2 Å². The number of ether oxygens (including phenoxy) is 2. The fourth-order valence-corrected chi connectivity index (χ4v) is 1.97. The molecule has 0 fully saturated rings. The Morgan fingerprint density at radius 2 is 1.65 bits per heavy atom. The molecule has 120 valence electrons. The number of aliphatic carboxylic acids is 1. The van der Waals surface area contributed by atoms with Crippen LogP contribution in [0.25, 0.3) is 0 Å². The lowest BCUT2D eigenvalue weighted by molar-refractivity contribution is -0.139. The topological polar surface area (TPSA) is 84.9 Å². The van der Waals surface area contributed by atoms with E-state index >= 15 is 0 Å². The van der Waals surface area contributed by atoms with Gasteiger partial charge in [0.2, 0.25) is 0 Å². The van der Waals surface area contributed by atoms with Gasteiger partial charge in [0, 0.05) is 6.42 Å². The zero-order chi connectivity index (χ0) is 16.7. The molecule has 1 atom stereocenters. The molecule has 0 aliphatic carbocycles. The van der Waals surface area contributed by atoms with Crippen LogP contribution in [0.5, 0.6) is 11.5 Å². The van der Waals surface area contributed by atoms with Gasteiger partial charge >= 0.3 is 12.1 Å². The van der Waals surface area contributed by atoms with Crippen LogP contribution in [0, 0.1) is 0 Å². The molecule has 0 saturated carbocycles. The van der Waals surface area contributed by atoms with Gasteiger partial charge in [-0.1, -0.05) is 30.3 Å². The number of carbonyl (C=O) groups excluding carboxylic acids is 1. The molecule has 0 saturated heterocycles. The van der Waals surface area contributed by atoms with E-state index in [4.69, 9.17) is 9.47 Å². The number of carbonyl (C=O) groups is 2. The molecule has 2 rings (SSSR count). The highest BCUT2D eigenvalue weighted by Gasteiger charge is 2.21. The normalized spacial score (nSPS) is 11.3. The molecule has 0 aliphatic heterocycles. The molecular weight excluding hydrogens is 298 g/mol. The molecule has 0 bridgehead atoms. The zero-order valence-corrected chi connectivity index (χ0v) is 12.6. The molecule has 0 spiro atoms.